The van der Waals surface area contributed by atoms with Crippen LogP contribution >= 0.6 is 0 Å². The second-order valence-corrected chi connectivity index (χ2v) is 7.48. The summed E-state index contributed by atoms with van der Waals surface area (Å²) in [7, 11) is 0. The van der Waals surface area contributed by atoms with Crippen molar-refractivity contribution in [1.82, 2.24) is 5.16 Å². The highest BCUT2D eigenvalue weighted by Crippen LogP contribution is 2.62. The fourth-order valence-corrected chi connectivity index (χ4v) is 5.23. The maximum absolute atomic E-state index is 12.6. The Morgan fingerprint density at radius 2 is 2.14 bits per heavy atom. The normalized spacial score (nSPS) is 40.5. The zero-order valence-corrected chi connectivity index (χ0v) is 12.3. The summed E-state index contributed by atoms with van der Waals surface area (Å²) in [6, 6.07) is 1.78. The third-order valence-corrected chi connectivity index (χ3v) is 5.49. The van der Waals surface area contributed by atoms with Crippen LogP contribution in [0.5, 0.6) is 0 Å². The van der Waals surface area contributed by atoms with Crippen molar-refractivity contribution in [2.75, 3.05) is 0 Å². The van der Waals surface area contributed by atoms with Crippen LogP contribution in [0.1, 0.15) is 50.0 Å². The lowest BCUT2D eigenvalue weighted by Crippen LogP contribution is -2.58. The first kappa shape index (κ1) is 13.3. The highest BCUT2D eigenvalue weighted by atomic mass is 16.6. The van der Waals surface area contributed by atoms with Crippen LogP contribution in [0.15, 0.2) is 10.6 Å². The van der Waals surface area contributed by atoms with E-state index in [0.717, 1.165) is 31.4 Å². The second kappa shape index (κ2) is 4.32. The number of esters is 1. The van der Waals surface area contributed by atoms with Gasteiger partial charge in [-0.2, -0.15) is 0 Å². The maximum Gasteiger partial charge on any atom is 0.312 e. The van der Waals surface area contributed by atoms with Gasteiger partial charge >= 0.3 is 5.97 Å². The number of carbonyl (C=O) groups excluding carboxylic acids is 1. The number of ether oxygens (including phenoxy) is 1. The van der Waals surface area contributed by atoms with E-state index < -0.39 is 11.0 Å². The molecule has 4 fully saturated rings. The summed E-state index contributed by atoms with van der Waals surface area (Å²) in [6.07, 6.45) is 5.21. The fourth-order valence-electron chi connectivity index (χ4n) is 5.23. The average Bonchev–Trinajstić information content (AvgIpc) is 2.79. The molecule has 0 saturated heterocycles. The number of hydrogen-bond donors (Lipinski definition) is 1. The van der Waals surface area contributed by atoms with E-state index in [9.17, 15) is 9.90 Å². The van der Waals surface area contributed by atoms with Crippen LogP contribution in [0.4, 0.5) is 0 Å². The second-order valence-electron chi connectivity index (χ2n) is 7.48. The van der Waals surface area contributed by atoms with Gasteiger partial charge in [0.2, 0.25) is 0 Å². The van der Waals surface area contributed by atoms with E-state index in [2.05, 4.69) is 5.16 Å². The summed E-state index contributed by atoms with van der Waals surface area (Å²) < 4.78 is 10.6. The molecule has 2 unspecified atom stereocenters. The topological polar surface area (TPSA) is 72.6 Å². The molecular weight excluding hydrogens is 270 g/mol. The van der Waals surface area contributed by atoms with Crippen LogP contribution in [-0.2, 0) is 16.1 Å². The van der Waals surface area contributed by atoms with Crippen molar-refractivity contribution >= 4 is 5.97 Å². The van der Waals surface area contributed by atoms with Gasteiger partial charge in [0.05, 0.1) is 16.7 Å². The summed E-state index contributed by atoms with van der Waals surface area (Å²) in [5, 5.41) is 14.5. The Hall–Kier alpha value is -1.36. The van der Waals surface area contributed by atoms with Crippen LogP contribution in [0, 0.1) is 24.2 Å². The van der Waals surface area contributed by atoms with Crippen molar-refractivity contribution in [3.8, 4) is 0 Å². The lowest BCUT2D eigenvalue weighted by atomic mass is 9.48. The molecule has 4 bridgehead atoms. The van der Waals surface area contributed by atoms with Crippen molar-refractivity contribution in [3.05, 3.63) is 17.5 Å². The standard InChI is InChI=1S/C16H21NO4/c1-10-2-13(21-17-10)8-20-14(18)15-4-11-3-12(5-15)7-16(19,6-11)9-15/h2,11-12,19H,3-9H2,1H3. The van der Waals surface area contributed by atoms with Gasteiger partial charge in [-0.1, -0.05) is 5.16 Å². The number of nitrogens with zero attached hydrogens (tertiary/aromatic N) is 1. The number of carbonyl (C=O) groups is 1. The Balaban J connectivity index is 1.49. The molecule has 1 aromatic rings. The molecular formula is C16H21NO4. The minimum absolute atomic E-state index is 0.134. The van der Waals surface area contributed by atoms with Crippen LogP contribution < -0.4 is 0 Å². The molecule has 0 aromatic carbocycles. The van der Waals surface area contributed by atoms with Gasteiger partial charge in [-0.05, 0) is 57.3 Å². The Morgan fingerprint density at radius 3 is 2.71 bits per heavy atom. The van der Waals surface area contributed by atoms with E-state index in [-0.39, 0.29) is 12.6 Å². The molecule has 5 rings (SSSR count). The van der Waals surface area contributed by atoms with Gasteiger partial charge in [-0.25, -0.2) is 0 Å². The van der Waals surface area contributed by atoms with Crippen LogP contribution in [0.25, 0.3) is 0 Å². The highest BCUT2D eigenvalue weighted by Gasteiger charge is 2.60. The van der Waals surface area contributed by atoms with Gasteiger partial charge in [-0.15, -0.1) is 0 Å². The molecule has 21 heavy (non-hydrogen) atoms. The molecule has 4 aliphatic carbocycles. The maximum atomic E-state index is 12.6. The Labute approximate surface area is 123 Å². The van der Waals surface area contributed by atoms with Crippen molar-refractivity contribution in [1.29, 1.82) is 0 Å². The lowest BCUT2D eigenvalue weighted by Gasteiger charge is -2.58. The van der Waals surface area contributed by atoms with E-state index in [4.69, 9.17) is 9.26 Å². The van der Waals surface area contributed by atoms with E-state index in [1.54, 1.807) is 6.07 Å². The van der Waals surface area contributed by atoms with Gasteiger partial charge < -0.3 is 14.4 Å². The van der Waals surface area contributed by atoms with Crippen molar-refractivity contribution in [2.24, 2.45) is 17.3 Å². The third kappa shape index (κ3) is 2.18. The number of aryl methyl sites for hydroxylation is 1. The molecule has 5 nitrogen and oxygen atoms in total. The molecule has 0 spiro atoms. The minimum Gasteiger partial charge on any atom is -0.457 e. The quantitative estimate of drug-likeness (QED) is 0.865. The number of aromatic nitrogens is 1. The largest absolute Gasteiger partial charge is 0.457 e. The number of aliphatic hydroxyl groups is 1. The van der Waals surface area contributed by atoms with E-state index >= 15 is 0 Å². The predicted octanol–water partition coefficient (Wildman–Crippen LogP) is 2.36. The molecule has 114 valence electrons. The summed E-state index contributed by atoms with van der Waals surface area (Å²) in [4.78, 5) is 12.6. The number of rotatable bonds is 3. The van der Waals surface area contributed by atoms with Crippen molar-refractivity contribution in [2.45, 2.75) is 57.7 Å². The van der Waals surface area contributed by atoms with E-state index in [1.807, 2.05) is 6.92 Å². The molecule has 4 saturated carbocycles. The summed E-state index contributed by atoms with van der Waals surface area (Å²) in [5.74, 6) is 1.38. The minimum atomic E-state index is -0.633. The summed E-state index contributed by atoms with van der Waals surface area (Å²) >= 11 is 0. The van der Waals surface area contributed by atoms with Crippen LogP contribution in [0.2, 0.25) is 0 Å². The zero-order chi connectivity index (χ0) is 14.7. The molecule has 2 atom stereocenters. The van der Waals surface area contributed by atoms with Crippen molar-refractivity contribution in [3.63, 3.8) is 0 Å². The molecule has 0 radical (unpaired) electrons. The Kier molecular flexibility index (Phi) is 2.74. The van der Waals surface area contributed by atoms with Crippen LogP contribution in [-0.4, -0.2) is 21.8 Å². The van der Waals surface area contributed by atoms with Gasteiger partial charge in [0, 0.05) is 6.07 Å². The van der Waals surface area contributed by atoms with Gasteiger partial charge in [-0.3, -0.25) is 4.79 Å². The molecule has 0 amide bonds. The molecule has 1 heterocycles. The average molecular weight is 291 g/mol. The van der Waals surface area contributed by atoms with Crippen LogP contribution in [0.3, 0.4) is 0 Å². The molecule has 5 heteroatoms. The SMILES string of the molecule is Cc1cc(COC(=O)C23CC4CC(CC(O)(C4)C2)C3)on1. The highest BCUT2D eigenvalue weighted by molar-refractivity contribution is 5.77. The third-order valence-electron chi connectivity index (χ3n) is 5.49. The van der Waals surface area contributed by atoms with Gasteiger partial charge in [0.1, 0.15) is 0 Å². The monoisotopic (exact) mass is 291 g/mol. The Bertz CT molecular complexity index is 565. The molecule has 1 N–H and O–H groups in total. The lowest BCUT2D eigenvalue weighted by molar-refractivity contribution is -0.197. The van der Waals surface area contributed by atoms with E-state index in [0.29, 0.717) is 24.0 Å². The first-order valence-electron chi connectivity index (χ1n) is 7.78. The first-order chi connectivity index (χ1) is 9.96. The number of hydrogen-bond acceptors (Lipinski definition) is 5. The first-order valence-corrected chi connectivity index (χ1v) is 7.78. The molecule has 4 aliphatic rings. The van der Waals surface area contributed by atoms with Gasteiger partial charge in [0.25, 0.3) is 0 Å². The molecule has 1 aromatic heterocycles. The van der Waals surface area contributed by atoms with E-state index in [1.165, 1.54) is 6.42 Å². The summed E-state index contributed by atoms with van der Waals surface area (Å²) in [6.45, 7) is 1.97. The molecule has 0 aliphatic heterocycles. The van der Waals surface area contributed by atoms with Crippen molar-refractivity contribution < 1.29 is 19.2 Å². The summed E-state index contributed by atoms with van der Waals surface area (Å²) in [5.41, 5.74) is -0.315. The smallest absolute Gasteiger partial charge is 0.312 e. The van der Waals surface area contributed by atoms with Gasteiger partial charge in [0.15, 0.2) is 12.4 Å². The Morgan fingerprint density at radius 1 is 1.43 bits per heavy atom. The fraction of sp³-hybridized carbons (Fsp3) is 0.750. The zero-order valence-electron chi connectivity index (χ0n) is 12.3. The predicted molar refractivity (Wildman–Crippen MR) is 73.1 cm³/mol.